The van der Waals surface area contributed by atoms with Gasteiger partial charge in [0.05, 0.1) is 0 Å². The van der Waals surface area contributed by atoms with E-state index in [0.29, 0.717) is 17.5 Å². The lowest BCUT2D eigenvalue weighted by Gasteiger charge is -2.13. The van der Waals surface area contributed by atoms with E-state index in [2.05, 4.69) is 103 Å². The molecule has 2 heterocycles. The lowest BCUT2D eigenvalue weighted by Crippen LogP contribution is -2.00. The van der Waals surface area contributed by atoms with Crippen LogP contribution in [0.3, 0.4) is 0 Å². The van der Waals surface area contributed by atoms with E-state index in [4.69, 9.17) is 15.0 Å². The number of benzene rings is 7. The van der Waals surface area contributed by atoms with Crippen LogP contribution in [0.4, 0.5) is 0 Å². The average Bonchev–Trinajstić information content (AvgIpc) is 3.44. The minimum atomic E-state index is 0.666. The molecule has 0 spiro atoms. The van der Waals surface area contributed by atoms with Gasteiger partial charge >= 0.3 is 0 Å². The van der Waals surface area contributed by atoms with Gasteiger partial charge in [-0.25, -0.2) is 15.0 Å². The van der Waals surface area contributed by atoms with Crippen LogP contribution in [0.15, 0.2) is 140 Å². The standard InChI is InChI=1S/C39H23N3S/c1-3-11-24(12-4-1)37-40-38(25-13-5-2-6-14-25)42-39(41-37)31-22-28-19-20-33-36(35(28)30-18-10-9-17-29(30)31)32-21-26-15-7-8-16-27(26)23-34(32)43-33/h1-23H. The molecule has 0 aliphatic heterocycles. The molecule has 0 N–H and O–H groups in total. The smallest absolute Gasteiger partial charge is 0.164 e. The van der Waals surface area contributed by atoms with Gasteiger partial charge in [-0.3, -0.25) is 0 Å². The van der Waals surface area contributed by atoms with Crippen molar-refractivity contribution in [3.63, 3.8) is 0 Å². The van der Waals surface area contributed by atoms with E-state index in [9.17, 15) is 0 Å². The van der Waals surface area contributed by atoms with Gasteiger partial charge in [-0.05, 0) is 56.6 Å². The first kappa shape index (κ1) is 24.2. The van der Waals surface area contributed by atoms with E-state index >= 15 is 0 Å². The van der Waals surface area contributed by atoms with E-state index in [1.807, 2.05) is 47.7 Å². The minimum absolute atomic E-state index is 0.666. The Morgan fingerprint density at radius 3 is 1.65 bits per heavy atom. The van der Waals surface area contributed by atoms with Crippen LogP contribution in [0.25, 0.3) is 86.7 Å². The Balaban J connectivity index is 1.36. The summed E-state index contributed by atoms with van der Waals surface area (Å²) in [5.74, 6) is 2.01. The summed E-state index contributed by atoms with van der Waals surface area (Å²) in [6.07, 6.45) is 0. The van der Waals surface area contributed by atoms with Gasteiger partial charge in [0, 0.05) is 36.9 Å². The maximum absolute atomic E-state index is 5.07. The molecule has 0 atom stereocenters. The third-order valence-electron chi connectivity index (χ3n) is 8.26. The molecule has 0 bridgehead atoms. The van der Waals surface area contributed by atoms with Gasteiger partial charge in [-0.2, -0.15) is 0 Å². The molecule has 2 aromatic heterocycles. The van der Waals surface area contributed by atoms with Crippen LogP contribution in [0.2, 0.25) is 0 Å². The number of hydrogen-bond donors (Lipinski definition) is 0. The number of thiophene rings is 1. The SMILES string of the molecule is c1ccc(-c2nc(-c3ccccc3)nc(-c3cc4ccc5sc6cc7ccccc7cc6c5c4c4ccccc34)n2)cc1. The fraction of sp³-hybridized carbons (Fsp3) is 0. The molecule has 0 fully saturated rings. The largest absolute Gasteiger partial charge is 0.208 e. The Kier molecular flexibility index (Phi) is 5.37. The third-order valence-corrected chi connectivity index (χ3v) is 9.38. The molecule has 0 saturated carbocycles. The van der Waals surface area contributed by atoms with Gasteiger partial charge < -0.3 is 0 Å². The van der Waals surface area contributed by atoms with Crippen molar-refractivity contribution in [2.45, 2.75) is 0 Å². The predicted molar refractivity (Wildman–Crippen MR) is 182 cm³/mol. The topological polar surface area (TPSA) is 38.7 Å². The van der Waals surface area contributed by atoms with Crippen LogP contribution in [-0.2, 0) is 0 Å². The highest BCUT2D eigenvalue weighted by atomic mass is 32.1. The molecular formula is C39H23N3S. The van der Waals surface area contributed by atoms with E-state index in [-0.39, 0.29) is 0 Å². The second kappa shape index (κ2) is 9.55. The molecule has 4 heteroatoms. The van der Waals surface area contributed by atoms with Crippen molar-refractivity contribution in [3.05, 3.63) is 140 Å². The molecule has 0 aliphatic rings. The second-order valence-corrected chi connectivity index (χ2v) is 11.9. The fourth-order valence-electron chi connectivity index (χ4n) is 6.26. The summed E-state index contributed by atoms with van der Waals surface area (Å²) in [7, 11) is 0. The molecule has 9 aromatic rings. The zero-order valence-corrected chi connectivity index (χ0v) is 23.8. The molecule has 0 radical (unpaired) electrons. The van der Waals surface area contributed by atoms with Crippen LogP contribution < -0.4 is 0 Å². The van der Waals surface area contributed by atoms with Crippen molar-refractivity contribution in [1.29, 1.82) is 0 Å². The van der Waals surface area contributed by atoms with Crippen molar-refractivity contribution in [2.75, 3.05) is 0 Å². The Morgan fingerprint density at radius 2 is 0.953 bits per heavy atom. The molecular weight excluding hydrogens is 543 g/mol. The molecule has 0 aliphatic carbocycles. The van der Waals surface area contributed by atoms with E-state index in [0.717, 1.165) is 22.1 Å². The van der Waals surface area contributed by atoms with Crippen LogP contribution in [0.1, 0.15) is 0 Å². The van der Waals surface area contributed by atoms with Crippen molar-refractivity contribution in [1.82, 2.24) is 15.0 Å². The number of fused-ring (bicyclic) bond motifs is 8. The van der Waals surface area contributed by atoms with Crippen LogP contribution in [-0.4, -0.2) is 15.0 Å². The van der Waals surface area contributed by atoms with Crippen molar-refractivity contribution >= 4 is 63.8 Å². The minimum Gasteiger partial charge on any atom is -0.208 e. The number of nitrogens with zero attached hydrogens (tertiary/aromatic N) is 3. The third kappa shape index (κ3) is 3.92. The first-order valence-electron chi connectivity index (χ1n) is 14.4. The Morgan fingerprint density at radius 1 is 0.372 bits per heavy atom. The van der Waals surface area contributed by atoms with Gasteiger partial charge in [0.25, 0.3) is 0 Å². The normalized spacial score (nSPS) is 11.7. The monoisotopic (exact) mass is 565 g/mol. The molecule has 0 unspecified atom stereocenters. The Hall–Kier alpha value is -5.45. The summed E-state index contributed by atoms with van der Waals surface area (Å²) in [5.41, 5.74) is 2.93. The average molecular weight is 566 g/mol. The highest BCUT2D eigenvalue weighted by molar-refractivity contribution is 7.26. The highest BCUT2D eigenvalue weighted by Crippen LogP contribution is 2.44. The zero-order valence-electron chi connectivity index (χ0n) is 23.0. The van der Waals surface area contributed by atoms with Crippen LogP contribution >= 0.6 is 11.3 Å². The van der Waals surface area contributed by atoms with Crippen molar-refractivity contribution < 1.29 is 0 Å². The second-order valence-electron chi connectivity index (χ2n) is 10.8. The van der Waals surface area contributed by atoms with Crippen molar-refractivity contribution in [2.24, 2.45) is 0 Å². The quantitative estimate of drug-likeness (QED) is 0.200. The summed E-state index contributed by atoms with van der Waals surface area (Å²) in [6, 6.07) is 49.1. The van der Waals surface area contributed by atoms with Crippen LogP contribution in [0, 0.1) is 0 Å². The lowest BCUT2D eigenvalue weighted by atomic mass is 9.93. The maximum Gasteiger partial charge on any atom is 0.164 e. The maximum atomic E-state index is 5.07. The molecule has 0 saturated heterocycles. The first-order chi connectivity index (χ1) is 21.3. The van der Waals surface area contributed by atoms with E-state index in [1.54, 1.807) is 0 Å². The van der Waals surface area contributed by atoms with Crippen LogP contribution in [0.5, 0.6) is 0 Å². The molecule has 200 valence electrons. The van der Waals surface area contributed by atoms with Gasteiger partial charge in [0.15, 0.2) is 17.5 Å². The predicted octanol–water partition coefficient (Wildman–Crippen LogP) is 10.7. The highest BCUT2D eigenvalue weighted by Gasteiger charge is 2.18. The van der Waals surface area contributed by atoms with E-state index < -0.39 is 0 Å². The zero-order chi connectivity index (χ0) is 28.3. The molecule has 0 amide bonds. The molecule has 3 nitrogen and oxygen atoms in total. The Labute approximate surface area is 251 Å². The first-order valence-corrected chi connectivity index (χ1v) is 15.2. The van der Waals surface area contributed by atoms with Gasteiger partial charge in [0.2, 0.25) is 0 Å². The van der Waals surface area contributed by atoms with Gasteiger partial charge in [-0.15, -0.1) is 11.3 Å². The summed E-state index contributed by atoms with van der Waals surface area (Å²) in [6.45, 7) is 0. The van der Waals surface area contributed by atoms with Gasteiger partial charge in [0.1, 0.15) is 0 Å². The number of aromatic nitrogens is 3. The summed E-state index contributed by atoms with van der Waals surface area (Å²) < 4.78 is 2.61. The summed E-state index contributed by atoms with van der Waals surface area (Å²) in [5, 5.41) is 9.95. The number of hydrogen-bond acceptors (Lipinski definition) is 4. The summed E-state index contributed by atoms with van der Waals surface area (Å²) >= 11 is 1.87. The number of rotatable bonds is 3. The summed E-state index contributed by atoms with van der Waals surface area (Å²) in [4.78, 5) is 15.1. The molecule has 7 aromatic carbocycles. The molecule has 43 heavy (non-hydrogen) atoms. The lowest BCUT2D eigenvalue weighted by molar-refractivity contribution is 1.08. The molecule has 9 rings (SSSR count). The van der Waals surface area contributed by atoms with Crippen molar-refractivity contribution in [3.8, 4) is 34.2 Å². The Bertz CT molecular complexity index is 2440. The fourth-order valence-corrected chi connectivity index (χ4v) is 7.41. The van der Waals surface area contributed by atoms with Gasteiger partial charge in [-0.1, -0.05) is 115 Å². The van der Waals surface area contributed by atoms with E-state index in [1.165, 1.54) is 47.1 Å².